The van der Waals surface area contributed by atoms with Crippen LogP contribution >= 0.6 is 0 Å². The zero-order valence-electron chi connectivity index (χ0n) is 17.5. The maximum atomic E-state index is 12.8. The Bertz CT molecular complexity index is 832. The SMILES string of the molecule is CC(=O)N[C@H](Cc1c[nH]c2ccccc12)C(=O)NC[C@H]1CN(CC(C)C)CCO1. The second-order valence-corrected chi connectivity index (χ2v) is 8.21. The zero-order valence-corrected chi connectivity index (χ0v) is 17.5. The van der Waals surface area contributed by atoms with E-state index in [-0.39, 0.29) is 17.9 Å². The summed E-state index contributed by atoms with van der Waals surface area (Å²) < 4.78 is 5.82. The molecule has 1 aromatic carbocycles. The summed E-state index contributed by atoms with van der Waals surface area (Å²) >= 11 is 0. The van der Waals surface area contributed by atoms with Gasteiger partial charge < -0.3 is 20.4 Å². The molecule has 2 aromatic rings. The Morgan fingerprint density at radius 1 is 1.31 bits per heavy atom. The summed E-state index contributed by atoms with van der Waals surface area (Å²) in [5.41, 5.74) is 2.02. The van der Waals surface area contributed by atoms with E-state index in [0.29, 0.717) is 25.5 Å². The van der Waals surface area contributed by atoms with Crippen molar-refractivity contribution in [1.29, 1.82) is 0 Å². The first-order valence-corrected chi connectivity index (χ1v) is 10.4. The molecule has 7 nitrogen and oxygen atoms in total. The normalized spacial score (nSPS) is 18.7. The van der Waals surface area contributed by atoms with Crippen molar-refractivity contribution >= 4 is 22.7 Å². The van der Waals surface area contributed by atoms with Crippen molar-refractivity contribution in [3.8, 4) is 0 Å². The number of carbonyl (C=O) groups excluding carboxylic acids is 2. The molecule has 1 aromatic heterocycles. The lowest BCUT2D eigenvalue weighted by molar-refractivity contribution is -0.128. The fourth-order valence-electron chi connectivity index (χ4n) is 3.90. The van der Waals surface area contributed by atoms with Crippen molar-refractivity contribution in [3.63, 3.8) is 0 Å². The first-order chi connectivity index (χ1) is 13.9. The van der Waals surface area contributed by atoms with Crippen LogP contribution in [0.2, 0.25) is 0 Å². The van der Waals surface area contributed by atoms with Gasteiger partial charge in [-0.3, -0.25) is 14.5 Å². The van der Waals surface area contributed by atoms with E-state index in [9.17, 15) is 9.59 Å². The third-order valence-electron chi connectivity index (χ3n) is 5.14. The number of hydrogen-bond acceptors (Lipinski definition) is 4. The van der Waals surface area contributed by atoms with Crippen LogP contribution in [0.3, 0.4) is 0 Å². The molecule has 3 N–H and O–H groups in total. The van der Waals surface area contributed by atoms with Gasteiger partial charge in [-0.1, -0.05) is 32.0 Å². The highest BCUT2D eigenvalue weighted by Crippen LogP contribution is 2.19. The quantitative estimate of drug-likeness (QED) is 0.629. The Morgan fingerprint density at radius 3 is 2.86 bits per heavy atom. The summed E-state index contributed by atoms with van der Waals surface area (Å²) in [7, 11) is 0. The molecule has 0 aliphatic carbocycles. The number of aromatic amines is 1. The van der Waals surface area contributed by atoms with Gasteiger partial charge in [0.2, 0.25) is 11.8 Å². The number of hydrogen-bond donors (Lipinski definition) is 3. The lowest BCUT2D eigenvalue weighted by Gasteiger charge is -2.34. The van der Waals surface area contributed by atoms with Gasteiger partial charge in [0.15, 0.2) is 0 Å². The number of fused-ring (bicyclic) bond motifs is 1. The molecule has 29 heavy (non-hydrogen) atoms. The molecule has 3 rings (SSSR count). The van der Waals surface area contributed by atoms with Crippen molar-refractivity contribution in [1.82, 2.24) is 20.5 Å². The van der Waals surface area contributed by atoms with E-state index in [1.807, 2.05) is 30.5 Å². The first-order valence-electron chi connectivity index (χ1n) is 10.4. The van der Waals surface area contributed by atoms with Crippen LogP contribution in [0.1, 0.15) is 26.3 Å². The predicted molar refractivity (Wildman–Crippen MR) is 114 cm³/mol. The monoisotopic (exact) mass is 400 g/mol. The molecular weight excluding hydrogens is 368 g/mol. The van der Waals surface area contributed by atoms with E-state index in [1.165, 1.54) is 6.92 Å². The van der Waals surface area contributed by atoms with Gasteiger partial charge in [0, 0.05) is 56.6 Å². The highest BCUT2D eigenvalue weighted by atomic mass is 16.5. The fourth-order valence-corrected chi connectivity index (χ4v) is 3.90. The summed E-state index contributed by atoms with van der Waals surface area (Å²) in [6.45, 7) is 9.73. The molecule has 2 heterocycles. The average molecular weight is 401 g/mol. The van der Waals surface area contributed by atoms with Crippen LogP contribution in [0.25, 0.3) is 10.9 Å². The van der Waals surface area contributed by atoms with Gasteiger partial charge in [-0.2, -0.15) is 0 Å². The first kappa shape index (κ1) is 21.3. The molecular formula is C22H32N4O3. The summed E-state index contributed by atoms with van der Waals surface area (Å²) in [6, 6.07) is 7.32. The van der Waals surface area contributed by atoms with E-state index in [4.69, 9.17) is 4.74 Å². The van der Waals surface area contributed by atoms with Crippen molar-refractivity contribution in [2.24, 2.45) is 5.92 Å². The third-order valence-corrected chi connectivity index (χ3v) is 5.14. The molecule has 2 amide bonds. The number of aromatic nitrogens is 1. The lowest BCUT2D eigenvalue weighted by Crippen LogP contribution is -2.52. The van der Waals surface area contributed by atoms with Gasteiger partial charge in [0.25, 0.3) is 0 Å². The van der Waals surface area contributed by atoms with E-state index >= 15 is 0 Å². The minimum atomic E-state index is -0.623. The molecule has 0 saturated carbocycles. The Labute approximate surface area is 172 Å². The van der Waals surface area contributed by atoms with E-state index in [1.54, 1.807) is 0 Å². The number of morpholine rings is 1. The number of amides is 2. The minimum absolute atomic E-state index is 0.0301. The highest BCUT2D eigenvalue weighted by Gasteiger charge is 2.25. The van der Waals surface area contributed by atoms with Crippen molar-refractivity contribution in [3.05, 3.63) is 36.0 Å². The van der Waals surface area contributed by atoms with Gasteiger partial charge in [-0.25, -0.2) is 0 Å². The van der Waals surface area contributed by atoms with Crippen molar-refractivity contribution in [2.75, 3.05) is 32.8 Å². The summed E-state index contributed by atoms with van der Waals surface area (Å²) in [5, 5.41) is 6.83. The van der Waals surface area contributed by atoms with Crippen molar-refractivity contribution in [2.45, 2.75) is 39.3 Å². The number of nitrogens with zero attached hydrogens (tertiary/aromatic N) is 1. The number of nitrogens with one attached hydrogen (secondary N) is 3. The second kappa shape index (κ2) is 9.89. The molecule has 1 aliphatic rings. The number of carbonyl (C=O) groups is 2. The molecule has 2 atom stereocenters. The molecule has 0 bridgehead atoms. The molecule has 1 aliphatic heterocycles. The number of H-pyrrole nitrogens is 1. The Hall–Kier alpha value is -2.38. The smallest absolute Gasteiger partial charge is 0.243 e. The topological polar surface area (TPSA) is 86.5 Å². The second-order valence-electron chi connectivity index (χ2n) is 8.21. The summed E-state index contributed by atoms with van der Waals surface area (Å²) in [4.78, 5) is 30.1. The fraction of sp³-hybridized carbons (Fsp3) is 0.545. The van der Waals surface area contributed by atoms with Gasteiger partial charge in [-0.05, 0) is 17.5 Å². The van der Waals surface area contributed by atoms with Crippen LogP contribution in [0.5, 0.6) is 0 Å². The van der Waals surface area contributed by atoms with Crippen LogP contribution < -0.4 is 10.6 Å². The Balaban J connectivity index is 1.60. The molecule has 7 heteroatoms. The molecule has 158 valence electrons. The molecule has 0 radical (unpaired) electrons. The number of ether oxygens (including phenoxy) is 1. The van der Waals surface area contributed by atoms with E-state index in [2.05, 4.69) is 34.4 Å². The molecule has 0 unspecified atom stereocenters. The summed E-state index contributed by atoms with van der Waals surface area (Å²) in [5.74, 6) is 0.195. The van der Waals surface area contributed by atoms with Crippen LogP contribution in [0, 0.1) is 5.92 Å². The van der Waals surface area contributed by atoms with E-state index in [0.717, 1.165) is 36.1 Å². The van der Waals surface area contributed by atoms with Gasteiger partial charge in [0.1, 0.15) is 6.04 Å². The third kappa shape index (κ3) is 6.05. The molecule has 0 spiro atoms. The Morgan fingerprint density at radius 2 is 2.10 bits per heavy atom. The van der Waals surface area contributed by atoms with Crippen molar-refractivity contribution < 1.29 is 14.3 Å². The molecule has 1 fully saturated rings. The van der Waals surface area contributed by atoms with Gasteiger partial charge in [-0.15, -0.1) is 0 Å². The maximum absolute atomic E-state index is 12.8. The number of rotatable bonds is 8. The molecule has 1 saturated heterocycles. The number of benzene rings is 1. The van der Waals surface area contributed by atoms with Crippen LogP contribution in [-0.4, -0.2) is 66.6 Å². The highest BCUT2D eigenvalue weighted by molar-refractivity contribution is 5.89. The average Bonchev–Trinajstić information content (AvgIpc) is 3.08. The minimum Gasteiger partial charge on any atom is -0.374 e. The van der Waals surface area contributed by atoms with Crippen LogP contribution in [0.15, 0.2) is 30.5 Å². The zero-order chi connectivity index (χ0) is 20.8. The van der Waals surface area contributed by atoms with E-state index < -0.39 is 6.04 Å². The maximum Gasteiger partial charge on any atom is 0.243 e. The van der Waals surface area contributed by atoms with Gasteiger partial charge in [0.05, 0.1) is 12.7 Å². The van der Waals surface area contributed by atoms with Crippen LogP contribution in [-0.2, 0) is 20.7 Å². The Kier molecular flexibility index (Phi) is 7.28. The van der Waals surface area contributed by atoms with Gasteiger partial charge >= 0.3 is 0 Å². The summed E-state index contributed by atoms with van der Waals surface area (Å²) in [6.07, 6.45) is 2.30. The standard InChI is InChI=1S/C22H32N4O3/c1-15(2)13-26-8-9-29-18(14-26)12-24-22(28)21(25-16(3)27)10-17-11-23-20-7-5-4-6-19(17)20/h4-7,11,15,18,21,23H,8-10,12-14H2,1-3H3,(H,24,28)(H,25,27)/t18-,21+/m0/s1. The number of para-hydroxylation sites is 1. The largest absolute Gasteiger partial charge is 0.374 e. The lowest BCUT2D eigenvalue weighted by atomic mass is 10.0. The predicted octanol–water partition coefficient (Wildman–Crippen LogP) is 1.69. The van der Waals surface area contributed by atoms with Crippen LogP contribution in [0.4, 0.5) is 0 Å².